The number of carbonyl (C=O) groups excluding carboxylic acids is 1. The number of sulfone groups is 1. The molecule has 2 aromatic rings. The van der Waals surface area contributed by atoms with Crippen molar-refractivity contribution in [2.75, 3.05) is 0 Å². The number of hydrogen-bond acceptors (Lipinski definition) is 5. The molecule has 0 spiro atoms. The Balaban J connectivity index is 1.50. The van der Waals surface area contributed by atoms with E-state index >= 15 is 0 Å². The van der Waals surface area contributed by atoms with E-state index in [0.29, 0.717) is 31.4 Å². The molecular formula is C19H19ClN4O3S. The van der Waals surface area contributed by atoms with Crippen LogP contribution in [0.25, 0.3) is 5.69 Å². The maximum atomic E-state index is 13.1. The van der Waals surface area contributed by atoms with Crippen LogP contribution in [0.3, 0.4) is 0 Å². The van der Waals surface area contributed by atoms with Gasteiger partial charge in [0.2, 0.25) is 5.91 Å². The number of amides is 1. The smallest absolute Gasteiger partial charge is 0.224 e. The number of halogens is 1. The van der Waals surface area contributed by atoms with Gasteiger partial charge in [0.15, 0.2) is 9.84 Å². The lowest BCUT2D eigenvalue weighted by Gasteiger charge is -2.16. The normalized spacial score (nSPS) is 23.1. The van der Waals surface area contributed by atoms with Crippen LogP contribution >= 0.6 is 11.6 Å². The second kappa shape index (κ2) is 6.90. The summed E-state index contributed by atoms with van der Waals surface area (Å²) in [6.07, 6.45) is 5.81. The van der Waals surface area contributed by atoms with Crippen molar-refractivity contribution < 1.29 is 13.2 Å². The van der Waals surface area contributed by atoms with Crippen LogP contribution in [0.4, 0.5) is 0 Å². The van der Waals surface area contributed by atoms with Crippen LogP contribution < -0.4 is 5.32 Å². The van der Waals surface area contributed by atoms with Gasteiger partial charge in [0.05, 0.1) is 26.9 Å². The number of hydrogen-bond donors (Lipinski definition) is 1. The molecule has 0 radical (unpaired) electrons. The summed E-state index contributed by atoms with van der Waals surface area (Å²) in [6.45, 7) is 0. The molecular weight excluding hydrogens is 400 g/mol. The molecule has 2 fully saturated rings. The highest BCUT2D eigenvalue weighted by molar-refractivity contribution is 7.92. The molecule has 7 nitrogen and oxygen atoms in total. The zero-order chi connectivity index (χ0) is 19.9. The first-order valence-corrected chi connectivity index (χ1v) is 11.0. The summed E-state index contributed by atoms with van der Waals surface area (Å²) in [4.78, 5) is 12.5. The van der Waals surface area contributed by atoms with Crippen molar-refractivity contribution in [3.05, 3.63) is 41.7 Å². The summed E-state index contributed by atoms with van der Waals surface area (Å²) in [7, 11) is -3.66. The highest BCUT2D eigenvalue weighted by atomic mass is 35.5. The lowest BCUT2D eigenvalue weighted by Crippen LogP contribution is -2.39. The van der Waals surface area contributed by atoms with E-state index in [2.05, 4.69) is 16.5 Å². The first kappa shape index (κ1) is 19.0. The Bertz CT molecular complexity index is 1060. The van der Waals surface area contributed by atoms with Gasteiger partial charge < -0.3 is 5.32 Å². The zero-order valence-electron chi connectivity index (χ0n) is 15.0. The Labute approximate surface area is 168 Å². The standard InChI is InChI=1S/C19H19ClN4O3S/c20-16-11-14(24-9-1-8-22-24)3-5-17(16)28(26,27)15-4-2-13(10-15)18(25)23-19(12-21)6-7-19/h1,3,5,8-9,11,13,15H,2,4,6-7,10H2,(H,23,25)/t13-,15?/m1/s1. The highest BCUT2D eigenvalue weighted by Crippen LogP contribution is 2.39. The number of rotatable bonds is 5. The summed E-state index contributed by atoms with van der Waals surface area (Å²) in [6, 6.07) is 8.62. The second-order valence-corrected chi connectivity index (χ2v) is 10.0. The average Bonchev–Trinajstić information content (AvgIpc) is 3.09. The molecule has 1 unspecified atom stereocenters. The predicted molar refractivity (Wildman–Crippen MR) is 103 cm³/mol. The van der Waals surface area contributed by atoms with Crippen LogP contribution in [-0.2, 0) is 14.6 Å². The maximum absolute atomic E-state index is 13.1. The molecule has 146 valence electrons. The van der Waals surface area contributed by atoms with Crippen LogP contribution in [0.2, 0.25) is 5.02 Å². The monoisotopic (exact) mass is 418 g/mol. The van der Waals surface area contributed by atoms with E-state index in [9.17, 15) is 13.2 Å². The first-order valence-electron chi connectivity index (χ1n) is 9.11. The van der Waals surface area contributed by atoms with Crippen LogP contribution in [0.15, 0.2) is 41.6 Å². The van der Waals surface area contributed by atoms with Gasteiger partial charge >= 0.3 is 0 Å². The van der Waals surface area contributed by atoms with E-state index in [1.54, 1.807) is 35.3 Å². The Morgan fingerprint density at radius 3 is 2.75 bits per heavy atom. The molecule has 1 aromatic heterocycles. The maximum Gasteiger partial charge on any atom is 0.224 e. The minimum atomic E-state index is -3.66. The van der Waals surface area contributed by atoms with Crippen molar-refractivity contribution in [2.24, 2.45) is 5.92 Å². The van der Waals surface area contributed by atoms with Gasteiger partial charge in [0.1, 0.15) is 5.54 Å². The average molecular weight is 419 g/mol. The van der Waals surface area contributed by atoms with Gasteiger partial charge in [-0.05, 0) is 56.4 Å². The van der Waals surface area contributed by atoms with Crippen molar-refractivity contribution >= 4 is 27.3 Å². The summed E-state index contributed by atoms with van der Waals surface area (Å²) < 4.78 is 27.8. The molecule has 1 heterocycles. The van der Waals surface area contributed by atoms with E-state index in [1.165, 1.54) is 6.07 Å². The van der Waals surface area contributed by atoms with E-state index in [-0.39, 0.29) is 22.2 Å². The lowest BCUT2D eigenvalue weighted by atomic mass is 10.1. The Hall–Kier alpha value is -2.37. The fourth-order valence-corrected chi connectivity index (χ4v) is 6.03. The van der Waals surface area contributed by atoms with Gasteiger partial charge in [0.25, 0.3) is 0 Å². The van der Waals surface area contributed by atoms with Crippen LogP contribution in [-0.4, -0.2) is 34.9 Å². The number of aromatic nitrogens is 2. The summed E-state index contributed by atoms with van der Waals surface area (Å²) in [5, 5.41) is 15.5. The molecule has 1 amide bonds. The quantitative estimate of drug-likeness (QED) is 0.803. The minimum Gasteiger partial charge on any atom is -0.338 e. The van der Waals surface area contributed by atoms with Crippen molar-refractivity contribution in [1.29, 1.82) is 5.26 Å². The van der Waals surface area contributed by atoms with E-state index < -0.39 is 26.5 Å². The van der Waals surface area contributed by atoms with Crippen molar-refractivity contribution in [2.45, 2.75) is 47.8 Å². The van der Waals surface area contributed by atoms with Gasteiger partial charge in [-0.15, -0.1) is 0 Å². The van der Waals surface area contributed by atoms with Gasteiger partial charge in [-0.1, -0.05) is 11.6 Å². The van der Waals surface area contributed by atoms with Crippen molar-refractivity contribution in [3.8, 4) is 11.8 Å². The summed E-state index contributed by atoms with van der Waals surface area (Å²) in [5.41, 5.74) is -0.0662. The van der Waals surface area contributed by atoms with Crippen LogP contribution in [0, 0.1) is 17.2 Å². The molecule has 0 bridgehead atoms. The molecule has 4 rings (SSSR count). The lowest BCUT2D eigenvalue weighted by molar-refractivity contribution is -0.125. The molecule has 2 atom stereocenters. The Morgan fingerprint density at radius 1 is 1.36 bits per heavy atom. The van der Waals surface area contributed by atoms with Gasteiger partial charge in [-0.25, -0.2) is 13.1 Å². The first-order chi connectivity index (χ1) is 13.3. The molecule has 2 aliphatic rings. The van der Waals surface area contributed by atoms with E-state index in [0.717, 1.165) is 0 Å². The topological polar surface area (TPSA) is 105 Å². The largest absolute Gasteiger partial charge is 0.338 e. The summed E-state index contributed by atoms with van der Waals surface area (Å²) in [5.74, 6) is -0.621. The van der Waals surface area contributed by atoms with Crippen LogP contribution in [0.1, 0.15) is 32.1 Å². The summed E-state index contributed by atoms with van der Waals surface area (Å²) >= 11 is 6.29. The fraction of sp³-hybridized carbons (Fsp3) is 0.421. The molecule has 1 N–H and O–H groups in total. The second-order valence-electron chi connectivity index (χ2n) is 7.43. The number of nitrogens with zero attached hydrogens (tertiary/aromatic N) is 3. The third-order valence-corrected chi connectivity index (χ3v) is 8.21. The van der Waals surface area contributed by atoms with Gasteiger partial charge in [-0.3, -0.25) is 4.79 Å². The fourth-order valence-electron chi connectivity index (χ4n) is 3.65. The molecule has 0 saturated heterocycles. The van der Waals surface area contributed by atoms with E-state index in [1.807, 2.05) is 0 Å². The third kappa shape index (κ3) is 3.40. The molecule has 0 aliphatic heterocycles. The number of nitrogens with one attached hydrogen (secondary N) is 1. The zero-order valence-corrected chi connectivity index (χ0v) is 16.6. The number of benzene rings is 1. The molecule has 28 heavy (non-hydrogen) atoms. The van der Waals surface area contributed by atoms with E-state index in [4.69, 9.17) is 16.9 Å². The van der Waals surface area contributed by atoms with Gasteiger partial charge in [-0.2, -0.15) is 10.4 Å². The number of nitriles is 1. The Kier molecular flexibility index (Phi) is 4.68. The van der Waals surface area contributed by atoms with Crippen molar-refractivity contribution in [1.82, 2.24) is 15.1 Å². The molecule has 9 heteroatoms. The highest BCUT2D eigenvalue weighted by Gasteiger charge is 2.47. The number of carbonyl (C=O) groups is 1. The van der Waals surface area contributed by atoms with Crippen molar-refractivity contribution in [3.63, 3.8) is 0 Å². The third-order valence-electron chi connectivity index (χ3n) is 5.51. The van der Waals surface area contributed by atoms with Gasteiger partial charge in [0, 0.05) is 18.3 Å². The SMILES string of the molecule is N#CC1(NC(=O)[C@@H]2CCC(S(=O)(=O)c3ccc(-n4cccn4)cc3Cl)C2)CC1. The Morgan fingerprint density at radius 2 is 2.14 bits per heavy atom. The molecule has 2 saturated carbocycles. The molecule has 2 aliphatic carbocycles. The van der Waals surface area contributed by atoms with Crippen LogP contribution in [0.5, 0.6) is 0 Å². The minimum absolute atomic E-state index is 0.0758. The molecule has 1 aromatic carbocycles. The predicted octanol–water partition coefficient (Wildman–Crippen LogP) is 2.64.